The van der Waals surface area contributed by atoms with Gasteiger partial charge < -0.3 is 9.26 Å². The molecular formula is C19H14FN3O2. The monoisotopic (exact) mass is 335 g/mol. The number of pyridine rings is 1. The van der Waals surface area contributed by atoms with Gasteiger partial charge in [0, 0.05) is 16.6 Å². The number of hydrogen-bond acceptors (Lipinski definition) is 5. The van der Waals surface area contributed by atoms with Gasteiger partial charge >= 0.3 is 0 Å². The van der Waals surface area contributed by atoms with Gasteiger partial charge in [-0.2, -0.15) is 4.98 Å². The zero-order valence-corrected chi connectivity index (χ0v) is 13.4. The van der Waals surface area contributed by atoms with E-state index < -0.39 is 0 Å². The predicted molar refractivity (Wildman–Crippen MR) is 90.5 cm³/mol. The van der Waals surface area contributed by atoms with Gasteiger partial charge in [0.2, 0.25) is 5.82 Å². The van der Waals surface area contributed by atoms with Gasteiger partial charge in [0.1, 0.15) is 11.6 Å². The normalized spacial score (nSPS) is 11.0. The van der Waals surface area contributed by atoms with E-state index in [0.29, 0.717) is 17.5 Å². The summed E-state index contributed by atoms with van der Waals surface area (Å²) in [6, 6.07) is 15.5. The van der Waals surface area contributed by atoms with Gasteiger partial charge in [-0.15, -0.1) is 0 Å². The highest BCUT2D eigenvalue weighted by atomic mass is 19.1. The van der Waals surface area contributed by atoms with Crippen LogP contribution in [0.4, 0.5) is 4.39 Å². The number of aromatic nitrogens is 3. The molecule has 0 aliphatic carbocycles. The van der Waals surface area contributed by atoms with Crippen LogP contribution in [0.15, 0.2) is 59.1 Å². The Hall–Kier alpha value is -3.28. The van der Waals surface area contributed by atoms with Crippen molar-refractivity contribution in [2.24, 2.45) is 0 Å². The van der Waals surface area contributed by atoms with Gasteiger partial charge in [-0.3, -0.25) is 4.98 Å². The number of benzene rings is 2. The van der Waals surface area contributed by atoms with Crippen LogP contribution in [0, 0.1) is 12.7 Å². The maximum absolute atomic E-state index is 12.9. The lowest BCUT2D eigenvalue weighted by atomic mass is 10.1. The van der Waals surface area contributed by atoms with Crippen molar-refractivity contribution in [3.63, 3.8) is 0 Å². The molecule has 25 heavy (non-hydrogen) atoms. The summed E-state index contributed by atoms with van der Waals surface area (Å²) < 4.78 is 23.7. The van der Waals surface area contributed by atoms with Crippen molar-refractivity contribution in [2.75, 3.05) is 0 Å². The van der Waals surface area contributed by atoms with E-state index in [0.717, 1.165) is 22.2 Å². The first kappa shape index (κ1) is 15.3. The van der Waals surface area contributed by atoms with Crippen LogP contribution in [-0.4, -0.2) is 15.1 Å². The maximum atomic E-state index is 12.9. The average molecular weight is 335 g/mol. The second kappa shape index (κ2) is 6.32. The summed E-state index contributed by atoms with van der Waals surface area (Å²) in [6.45, 7) is 2.04. The van der Waals surface area contributed by atoms with Crippen molar-refractivity contribution in [1.82, 2.24) is 15.1 Å². The van der Waals surface area contributed by atoms with Crippen molar-refractivity contribution in [3.05, 3.63) is 72.0 Å². The highest BCUT2D eigenvalue weighted by Crippen LogP contribution is 2.26. The molecule has 2 aromatic carbocycles. The molecule has 5 nitrogen and oxygen atoms in total. The van der Waals surface area contributed by atoms with Crippen LogP contribution in [0.25, 0.3) is 22.3 Å². The van der Waals surface area contributed by atoms with Crippen molar-refractivity contribution in [2.45, 2.75) is 13.5 Å². The van der Waals surface area contributed by atoms with E-state index in [1.54, 1.807) is 12.1 Å². The van der Waals surface area contributed by atoms with E-state index in [-0.39, 0.29) is 12.4 Å². The second-order valence-electron chi connectivity index (χ2n) is 5.58. The highest BCUT2D eigenvalue weighted by Gasteiger charge is 2.13. The summed E-state index contributed by atoms with van der Waals surface area (Å²) in [7, 11) is 0. The molecule has 0 bridgehead atoms. The summed E-state index contributed by atoms with van der Waals surface area (Å²) in [5, 5.41) is 5.01. The SMILES string of the molecule is Cc1cc(-c2noc(COc3ccc(F)cc3)n2)c2ccccc2n1. The minimum Gasteiger partial charge on any atom is -0.484 e. The Morgan fingerprint density at radius 2 is 1.84 bits per heavy atom. The van der Waals surface area contributed by atoms with Crippen molar-refractivity contribution in [1.29, 1.82) is 0 Å². The largest absolute Gasteiger partial charge is 0.484 e. The predicted octanol–water partition coefficient (Wildman–Crippen LogP) is 4.31. The third kappa shape index (κ3) is 3.19. The molecule has 0 atom stereocenters. The molecular weight excluding hydrogens is 321 g/mol. The van der Waals surface area contributed by atoms with E-state index in [9.17, 15) is 4.39 Å². The number of para-hydroxylation sites is 1. The van der Waals surface area contributed by atoms with Gasteiger partial charge in [0.15, 0.2) is 6.61 Å². The lowest BCUT2D eigenvalue weighted by Gasteiger charge is -2.04. The van der Waals surface area contributed by atoms with Crippen LogP contribution in [-0.2, 0) is 6.61 Å². The van der Waals surface area contributed by atoms with Gasteiger partial charge in [-0.05, 0) is 43.3 Å². The second-order valence-corrected chi connectivity index (χ2v) is 5.58. The number of ether oxygens (including phenoxy) is 1. The first-order chi connectivity index (χ1) is 12.2. The molecule has 0 aliphatic rings. The minimum absolute atomic E-state index is 0.112. The van der Waals surface area contributed by atoms with Crippen molar-refractivity contribution < 1.29 is 13.7 Å². The molecule has 124 valence electrons. The fourth-order valence-electron chi connectivity index (χ4n) is 2.59. The summed E-state index contributed by atoms with van der Waals surface area (Å²) in [6.07, 6.45) is 0. The third-order valence-corrected chi connectivity index (χ3v) is 3.73. The highest BCUT2D eigenvalue weighted by molar-refractivity contribution is 5.92. The van der Waals surface area contributed by atoms with Crippen LogP contribution < -0.4 is 4.74 Å². The van der Waals surface area contributed by atoms with Gasteiger partial charge in [0.25, 0.3) is 5.89 Å². The topological polar surface area (TPSA) is 61.0 Å². The number of aryl methyl sites for hydroxylation is 1. The molecule has 0 radical (unpaired) electrons. The smallest absolute Gasteiger partial charge is 0.264 e. The molecule has 6 heteroatoms. The Morgan fingerprint density at radius 1 is 1.04 bits per heavy atom. The molecule has 0 fully saturated rings. The standard InChI is InChI=1S/C19H14FN3O2/c1-12-10-16(15-4-2-3-5-17(15)21-12)19-22-18(25-23-19)11-24-14-8-6-13(20)7-9-14/h2-10H,11H2,1H3. The molecule has 0 unspecified atom stereocenters. The summed E-state index contributed by atoms with van der Waals surface area (Å²) in [4.78, 5) is 8.91. The first-order valence-electron chi connectivity index (χ1n) is 7.77. The fraction of sp³-hybridized carbons (Fsp3) is 0.105. The van der Waals surface area contributed by atoms with Crippen molar-refractivity contribution >= 4 is 10.9 Å². The number of halogens is 1. The quantitative estimate of drug-likeness (QED) is 0.556. The third-order valence-electron chi connectivity index (χ3n) is 3.73. The van der Waals surface area contributed by atoms with Crippen LogP contribution in [0.3, 0.4) is 0 Å². The number of rotatable bonds is 4. The molecule has 4 aromatic rings. The average Bonchev–Trinajstić information content (AvgIpc) is 3.09. The van der Waals surface area contributed by atoms with Crippen LogP contribution >= 0.6 is 0 Å². The first-order valence-corrected chi connectivity index (χ1v) is 7.77. The maximum Gasteiger partial charge on any atom is 0.264 e. The Bertz CT molecular complexity index is 1030. The zero-order chi connectivity index (χ0) is 17.2. The number of fused-ring (bicyclic) bond motifs is 1. The lowest BCUT2D eigenvalue weighted by molar-refractivity contribution is 0.242. The molecule has 2 heterocycles. The van der Waals surface area contributed by atoms with E-state index in [1.165, 1.54) is 12.1 Å². The van der Waals surface area contributed by atoms with E-state index >= 15 is 0 Å². The van der Waals surface area contributed by atoms with Crippen LogP contribution in [0.1, 0.15) is 11.6 Å². The summed E-state index contributed by atoms with van der Waals surface area (Å²) >= 11 is 0. The van der Waals surface area contributed by atoms with Crippen molar-refractivity contribution in [3.8, 4) is 17.1 Å². The number of hydrogen-bond donors (Lipinski definition) is 0. The molecule has 4 rings (SSSR count). The van der Waals surface area contributed by atoms with Gasteiger partial charge in [-0.1, -0.05) is 23.4 Å². The summed E-state index contributed by atoms with van der Waals surface area (Å²) in [5.41, 5.74) is 2.62. The van der Waals surface area contributed by atoms with E-state index in [4.69, 9.17) is 9.26 Å². The Morgan fingerprint density at radius 3 is 2.68 bits per heavy atom. The van der Waals surface area contributed by atoms with Crippen LogP contribution in [0.2, 0.25) is 0 Å². The minimum atomic E-state index is -0.313. The Balaban J connectivity index is 1.60. The van der Waals surface area contributed by atoms with Crippen LogP contribution in [0.5, 0.6) is 5.75 Å². The Labute approximate surface area is 143 Å². The molecule has 0 saturated carbocycles. The fourth-order valence-corrected chi connectivity index (χ4v) is 2.59. The molecule has 0 spiro atoms. The zero-order valence-electron chi connectivity index (χ0n) is 13.4. The molecule has 0 N–H and O–H groups in total. The van der Waals surface area contributed by atoms with E-state index in [1.807, 2.05) is 37.3 Å². The Kier molecular flexibility index (Phi) is 3.85. The van der Waals surface area contributed by atoms with Gasteiger partial charge in [0.05, 0.1) is 5.52 Å². The number of nitrogens with zero attached hydrogens (tertiary/aromatic N) is 3. The lowest BCUT2D eigenvalue weighted by Crippen LogP contribution is -1.96. The molecule has 2 aromatic heterocycles. The van der Waals surface area contributed by atoms with Gasteiger partial charge in [-0.25, -0.2) is 4.39 Å². The van der Waals surface area contributed by atoms with E-state index in [2.05, 4.69) is 15.1 Å². The molecule has 0 saturated heterocycles. The molecule has 0 aliphatic heterocycles. The summed E-state index contributed by atoms with van der Waals surface area (Å²) in [5.74, 6) is 1.05. The molecule has 0 amide bonds.